The summed E-state index contributed by atoms with van der Waals surface area (Å²) in [6.07, 6.45) is 3.53. The van der Waals surface area contributed by atoms with Crippen LogP contribution in [-0.4, -0.2) is 0 Å². The van der Waals surface area contributed by atoms with Gasteiger partial charge in [-0.1, -0.05) is 31.0 Å². The predicted octanol–water partition coefficient (Wildman–Crippen LogP) is 4.08. The van der Waals surface area contributed by atoms with E-state index in [0.29, 0.717) is 5.92 Å². The van der Waals surface area contributed by atoms with E-state index in [0.717, 1.165) is 15.9 Å². The Morgan fingerprint density at radius 2 is 2.33 bits per heavy atom. The first-order valence-electron chi connectivity index (χ1n) is 5.32. The molecule has 15 heavy (non-hydrogen) atoms. The average Bonchev–Trinajstić information content (AvgIpc) is 2.84. The number of rotatable bonds is 3. The highest BCUT2D eigenvalue weighted by molar-refractivity contribution is 9.10. The summed E-state index contributed by atoms with van der Waals surface area (Å²) in [5.74, 6) is 0.649. The lowest BCUT2D eigenvalue weighted by Gasteiger charge is -2.12. The highest BCUT2D eigenvalue weighted by atomic mass is 79.9. The Kier molecular flexibility index (Phi) is 3.11. The molecule has 0 heterocycles. The maximum Gasteiger partial charge on any atom is 0.0548 e. The predicted molar refractivity (Wildman–Crippen MR) is 68.0 cm³/mol. The normalized spacial score (nSPS) is 29.2. The minimum atomic E-state index is -0.0941. The van der Waals surface area contributed by atoms with Crippen LogP contribution in [0.3, 0.4) is 0 Å². The van der Waals surface area contributed by atoms with E-state index in [4.69, 9.17) is 17.3 Å². The van der Waals surface area contributed by atoms with E-state index in [2.05, 4.69) is 28.9 Å². The van der Waals surface area contributed by atoms with Gasteiger partial charge in [-0.15, -0.1) is 0 Å². The maximum atomic E-state index is 6.35. The summed E-state index contributed by atoms with van der Waals surface area (Å²) in [6.45, 7) is 2.20. The second kappa shape index (κ2) is 4.08. The fourth-order valence-corrected chi connectivity index (χ4v) is 2.69. The van der Waals surface area contributed by atoms with Gasteiger partial charge in [-0.05, 0) is 52.4 Å². The summed E-state index contributed by atoms with van der Waals surface area (Å²) < 4.78 is 0.939. The van der Waals surface area contributed by atoms with Gasteiger partial charge in [0.25, 0.3) is 0 Å². The SMILES string of the molecule is CCCC1CC1(N)c1ccc(Cl)c(Br)c1. The largest absolute Gasteiger partial charge is 0.321 e. The van der Waals surface area contributed by atoms with Crippen LogP contribution in [0.2, 0.25) is 5.02 Å². The van der Waals surface area contributed by atoms with Gasteiger partial charge in [0.2, 0.25) is 0 Å². The second-order valence-electron chi connectivity index (χ2n) is 4.36. The van der Waals surface area contributed by atoms with Gasteiger partial charge in [0.1, 0.15) is 0 Å². The minimum absolute atomic E-state index is 0.0941. The van der Waals surface area contributed by atoms with Crippen LogP contribution in [0, 0.1) is 5.92 Å². The standard InChI is InChI=1S/C12H15BrClN/c1-2-3-9-7-12(9,15)8-4-5-11(14)10(13)6-8/h4-6,9H,2-3,7,15H2,1H3. The number of hydrogen-bond donors (Lipinski definition) is 1. The van der Waals surface area contributed by atoms with E-state index in [-0.39, 0.29) is 5.54 Å². The zero-order valence-corrected chi connectivity index (χ0v) is 11.1. The van der Waals surface area contributed by atoms with Gasteiger partial charge >= 0.3 is 0 Å². The van der Waals surface area contributed by atoms with Gasteiger partial charge in [0.15, 0.2) is 0 Å². The number of benzene rings is 1. The molecule has 1 aliphatic carbocycles. The molecule has 0 aliphatic heterocycles. The fraction of sp³-hybridized carbons (Fsp3) is 0.500. The summed E-state index contributed by atoms with van der Waals surface area (Å²) in [7, 11) is 0. The van der Waals surface area contributed by atoms with Crippen LogP contribution in [0.5, 0.6) is 0 Å². The van der Waals surface area contributed by atoms with Crippen LogP contribution in [0.25, 0.3) is 0 Å². The molecule has 1 nitrogen and oxygen atoms in total. The van der Waals surface area contributed by atoms with E-state index < -0.39 is 0 Å². The molecule has 0 spiro atoms. The Bertz CT molecular complexity index is 380. The molecule has 1 aromatic rings. The monoisotopic (exact) mass is 287 g/mol. The van der Waals surface area contributed by atoms with Gasteiger partial charge in [0, 0.05) is 10.0 Å². The van der Waals surface area contributed by atoms with Crippen LogP contribution < -0.4 is 5.73 Å². The molecule has 1 aliphatic rings. The van der Waals surface area contributed by atoms with E-state index >= 15 is 0 Å². The molecular weight excluding hydrogens is 273 g/mol. The quantitative estimate of drug-likeness (QED) is 0.891. The van der Waals surface area contributed by atoms with E-state index in [1.165, 1.54) is 18.4 Å². The first-order chi connectivity index (χ1) is 7.08. The minimum Gasteiger partial charge on any atom is -0.321 e. The molecule has 0 amide bonds. The summed E-state index contributed by atoms with van der Waals surface area (Å²) in [5, 5.41) is 0.745. The van der Waals surface area contributed by atoms with Crippen LogP contribution in [0.1, 0.15) is 31.7 Å². The molecule has 0 aromatic heterocycles. The van der Waals surface area contributed by atoms with Gasteiger partial charge in [-0.3, -0.25) is 0 Å². The molecule has 82 valence electrons. The molecule has 3 heteroatoms. The molecule has 1 aromatic carbocycles. The molecular formula is C12H15BrClN. The maximum absolute atomic E-state index is 6.35. The van der Waals surface area contributed by atoms with Crippen molar-refractivity contribution in [1.82, 2.24) is 0 Å². The van der Waals surface area contributed by atoms with Crippen molar-refractivity contribution in [2.45, 2.75) is 31.7 Å². The molecule has 2 atom stereocenters. The van der Waals surface area contributed by atoms with Crippen molar-refractivity contribution in [3.05, 3.63) is 33.3 Å². The topological polar surface area (TPSA) is 26.0 Å². The van der Waals surface area contributed by atoms with Gasteiger partial charge in [-0.25, -0.2) is 0 Å². The van der Waals surface area contributed by atoms with Gasteiger partial charge in [0.05, 0.1) is 5.02 Å². The lowest BCUT2D eigenvalue weighted by molar-refractivity contribution is 0.583. The van der Waals surface area contributed by atoms with Crippen LogP contribution in [0.4, 0.5) is 0 Å². The van der Waals surface area contributed by atoms with Crippen molar-refractivity contribution in [2.24, 2.45) is 11.7 Å². The smallest absolute Gasteiger partial charge is 0.0548 e. The van der Waals surface area contributed by atoms with Crippen molar-refractivity contribution >= 4 is 27.5 Å². The van der Waals surface area contributed by atoms with Crippen molar-refractivity contribution in [3.63, 3.8) is 0 Å². The Labute approximate surface area is 104 Å². The Morgan fingerprint density at radius 3 is 2.93 bits per heavy atom. The van der Waals surface area contributed by atoms with E-state index in [1.54, 1.807) is 0 Å². The van der Waals surface area contributed by atoms with Crippen molar-refractivity contribution in [2.75, 3.05) is 0 Å². The molecule has 1 fully saturated rings. The van der Waals surface area contributed by atoms with Crippen LogP contribution in [-0.2, 0) is 5.54 Å². The summed E-state index contributed by atoms with van der Waals surface area (Å²) in [5.41, 5.74) is 7.46. The summed E-state index contributed by atoms with van der Waals surface area (Å²) in [4.78, 5) is 0. The summed E-state index contributed by atoms with van der Waals surface area (Å²) in [6, 6.07) is 6.01. The van der Waals surface area contributed by atoms with E-state index in [1.807, 2.05) is 12.1 Å². The highest BCUT2D eigenvalue weighted by Gasteiger charge is 2.51. The number of halogens is 2. The molecule has 2 N–H and O–H groups in total. The lowest BCUT2D eigenvalue weighted by atomic mass is 10.0. The zero-order chi connectivity index (χ0) is 11.1. The Balaban J connectivity index is 2.21. The van der Waals surface area contributed by atoms with Crippen LogP contribution >= 0.6 is 27.5 Å². The fourth-order valence-electron chi connectivity index (χ4n) is 2.20. The third-order valence-electron chi connectivity index (χ3n) is 3.25. The summed E-state index contributed by atoms with van der Waals surface area (Å²) >= 11 is 9.40. The Morgan fingerprint density at radius 1 is 1.60 bits per heavy atom. The third-order valence-corrected chi connectivity index (χ3v) is 4.46. The van der Waals surface area contributed by atoms with Crippen LogP contribution in [0.15, 0.2) is 22.7 Å². The highest BCUT2D eigenvalue weighted by Crippen LogP contribution is 2.52. The second-order valence-corrected chi connectivity index (χ2v) is 5.62. The molecule has 0 bridgehead atoms. The Hall–Kier alpha value is -0.0500. The average molecular weight is 289 g/mol. The molecule has 2 rings (SSSR count). The third kappa shape index (κ3) is 2.08. The molecule has 0 radical (unpaired) electrons. The van der Waals surface area contributed by atoms with Crippen molar-refractivity contribution in [1.29, 1.82) is 0 Å². The number of hydrogen-bond acceptors (Lipinski definition) is 1. The lowest BCUT2D eigenvalue weighted by Crippen LogP contribution is -2.22. The van der Waals surface area contributed by atoms with Crippen molar-refractivity contribution in [3.8, 4) is 0 Å². The van der Waals surface area contributed by atoms with Crippen molar-refractivity contribution < 1.29 is 0 Å². The molecule has 0 saturated heterocycles. The van der Waals surface area contributed by atoms with Gasteiger partial charge < -0.3 is 5.73 Å². The first-order valence-corrected chi connectivity index (χ1v) is 6.49. The number of nitrogens with two attached hydrogens (primary N) is 1. The zero-order valence-electron chi connectivity index (χ0n) is 8.76. The van der Waals surface area contributed by atoms with E-state index in [9.17, 15) is 0 Å². The first kappa shape index (κ1) is 11.4. The van der Waals surface area contributed by atoms with Gasteiger partial charge in [-0.2, -0.15) is 0 Å². The molecule has 1 saturated carbocycles. The molecule has 2 unspecified atom stereocenters.